The van der Waals surface area contributed by atoms with E-state index in [9.17, 15) is 9.18 Å². The van der Waals surface area contributed by atoms with E-state index in [0.29, 0.717) is 10.7 Å². The smallest absolute Gasteiger partial charge is 0.228 e. The number of carbonyl (C=O) groups excluding carboxylic acids is 1. The average molecular weight is 290 g/mol. The molecule has 1 saturated carbocycles. The molecule has 4 heteroatoms. The molecule has 20 heavy (non-hydrogen) atoms. The standard InChI is InChI=1S/C16H13ClFNO/c17-14-3-1-2-4-15(14)19-16(20)13-9-12(13)10-5-7-11(18)8-6-10/h1-8,12-13H,9H2,(H,19,20). The summed E-state index contributed by atoms with van der Waals surface area (Å²) in [4.78, 5) is 12.1. The highest BCUT2D eigenvalue weighted by Gasteiger charge is 2.43. The lowest BCUT2D eigenvalue weighted by atomic mass is 10.1. The molecule has 1 aliphatic carbocycles. The van der Waals surface area contributed by atoms with Crippen LogP contribution < -0.4 is 5.32 Å². The lowest BCUT2D eigenvalue weighted by molar-refractivity contribution is -0.117. The van der Waals surface area contributed by atoms with Gasteiger partial charge < -0.3 is 5.32 Å². The average Bonchev–Trinajstić information content (AvgIpc) is 3.23. The highest BCUT2D eigenvalue weighted by atomic mass is 35.5. The molecule has 2 atom stereocenters. The Morgan fingerprint density at radius 2 is 1.85 bits per heavy atom. The van der Waals surface area contributed by atoms with Crippen LogP contribution in [0.15, 0.2) is 48.5 Å². The maximum absolute atomic E-state index is 12.9. The van der Waals surface area contributed by atoms with E-state index in [1.54, 1.807) is 24.3 Å². The molecular formula is C16H13ClFNO. The summed E-state index contributed by atoms with van der Waals surface area (Å²) in [5.41, 5.74) is 1.63. The molecule has 3 rings (SSSR count). The van der Waals surface area contributed by atoms with E-state index in [4.69, 9.17) is 11.6 Å². The monoisotopic (exact) mass is 289 g/mol. The number of nitrogens with one attached hydrogen (secondary N) is 1. The van der Waals surface area contributed by atoms with Crippen molar-refractivity contribution in [2.45, 2.75) is 12.3 Å². The summed E-state index contributed by atoms with van der Waals surface area (Å²) >= 11 is 6.01. The zero-order valence-corrected chi connectivity index (χ0v) is 11.4. The summed E-state index contributed by atoms with van der Waals surface area (Å²) < 4.78 is 12.9. The molecule has 0 radical (unpaired) electrons. The van der Waals surface area contributed by atoms with Gasteiger partial charge in [0, 0.05) is 5.92 Å². The summed E-state index contributed by atoms with van der Waals surface area (Å²) in [6.07, 6.45) is 0.794. The minimum Gasteiger partial charge on any atom is -0.325 e. The molecule has 0 aliphatic heterocycles. The molecular weight excluding hydrogens is 277 g/mol. The first-order valence-corrected chi connectivity index (χ1v) is 6.84. The van der Waals surface area contributed by atoms with Gasteiger partial charge >= 0.3 is 0 Å². The van der Waals surface area contributed by atoms with Crippen LogP contribution in [-0.4, -0.2) is 5.91 Å². The normalized spacial score (nSPS) is 20.5. The number of para-hydroxylation sites is 1. The SMILES string of the molecule is O=C(Nc1ccccc1Cl)C1CC1c1ccc(F)cc1. The van der Waals surface area contributed by atoms with Gasteiger partial charge in [0.25, 0.3) is 0 Å². The Labute approximate surface area is 121 Å². The second kappa shape index (κ2) is 5.25. The van der Waals surface area contributed by atoms with Crippen LogP contribution in [0.3, 0.4) is 0 Å². The van der Waals surface area contributed by atoms with Gasteiger partial charge in [-0.05, 0) is 42.2 Å². The molecule has 0 saturated heterocycles. The van der Waals surface area contributed by atoms with Gasteiger partial charge in [-0.3, -0.25) is 4.79 Å². The number of amides is 1. The number of halogens is 2. The van der Waals surface area contributed by atoms with E-state index >= 15 is 0 Å². The zero-order valence-electron chi connectivity index (χ0n) is 10.6. The third kappa shape index (κ3) is 2.68. The summed E-state index contributed by atoms with van der Waals surface area (Å²) in [6.45, 7) is 0. The maximum atomic E-state index is 12.9. The van der Waals surface area contributed by atoms with Crippen molar-refractivity contribution in [2.75, 3.05) is 5.32 Å². The van der Waals surface area contributed by atoms with Crippen molar-refractivity contribution in [2.24, 2.45) is 5.92 Å². The molecule has 0 aromatic heterocycles. The number of benzene rings is 2. The molecule has 0 bridgehead atoms. The highest BCUT2D eigenvalue weighted by Crippen LogP contribution is 2.48. The van der Waals surface area contributed by atoms with E-state index in [1.165, 1.54) is 12.1 Å². The summed E-state index contributed by atoms with van der Waals surface area (Å²) in [7, 11) is 0. The molecule has 2 unspecified atom stereocenters. The number of rotatable bonds is 3. The Bertz CT molecular complexity index is 641. The Balaban J connectivity index is 1.66. The van der Waals surface area contributed by atoms with Crippen molar-refractivity contribution in [3.05, 3.63) is 64.9 Å². The van der Waals surface area contributed by atoms with Crippen LogP contribution in [0.1, 0.15) is 17.9 Å². The molecule has 1 aliphatic rings. The van der Waals surface area contributed by atoms with E-state index in [2.05, 4.69) is 5.32 Å². The molecule has 102 valence electrons. The van der Waals surface area contributed by atoms with Gasteiger partial charge in [0.1, 0.15) is 5.82 Å². The molecule has 1 amide bonds. The van der Waals surface area contributed by atoms with Crippen molar-refractivity contribution in [1.29, 1.82) is 0 Å². The molecule has 2 aromatic rings. The number of carbonyl (C=O) groups is 1. The van der Waals surface area contributed by atoms with E-state index in [1.807, 2.05) is 12.1 Å². The quantitative estimate of drug-likeness (QED) is 0.900. The highest BCUT2D eigenvalue weighted by molar-refractivity contribution is 6.33. The predicted molar refractivity (Wildman–Crippen MR) is 77.3 cm³/mol. The van der Waals surface area contributed by atoms with Gasteiger partial charge in [0.15, 0.2) is 0 Å². The van der Waals surface area contributed by atoms with Gasteiger partial charge in [-0.2, -0.15) is 0 Å². The summed E-state index contributed by atoms with van der Waals surface area (Å²) in [5.74, 6) is -0.172. The lowest BCUT2D eigenvalue weighted by Gasteiger charge is -2.06. The maximum Gasteiger partial charge on any atom is 0.228 e. The van der Waals surface area contributed by atoms with Crippen LogP contribution >= 0.6 is 11.6 Å². The van der Waals surface area contributed by atoms with Crippen LogP contribution in [0.5, 0.6) is 0 Å². The molecule has 0 spiro atoms. The molecule has 0 heterocycles. The van der Waals surface area contributed by atoms with Crippen LogP contribution in [0.4, 0.5) is 10.1 Å². The van der Waals surface area contributed by atoms with Gasteiger partial charge in [-0.25, -0.2) is 4.39 Å². The third-order valence-corrected chi connectivity index (χ3v) is 3.89. The Hall–Kier alpha value is -1.87. The molecule has 2 nitrogen and oxygen atoms in total. The van der Waals surface area contributed by atoms with Gasteiger partial charge in [0.05, 0.1) is 10.7 Å². The number of hydrogen-bond donors (Lipinski definition) is 1. The fourth-order valence-electron chi connectivity index (χ4n) is 2.35. The molecule has 1 N–H and O–H groups in total. The Kier molecular flexibility index (Phi) is 3.45. The van der Waals surface area contributed by atoms with Gasteiger partial charge in [-0.15, -0.1) is 0 Å². The van der Waals surface area contributed by atoms with Crippen LogP contribution in [0.2, 0.25) is 5.02 Å². The minimum atomic E-state index is -0.258. The largest absolute Gasteiger partial charge is 0.325 e. The number of hydrogen-bond acceptors (Lipinski definition) is 1. The van der Waals surface area contributed by atoms with Crippen LogP contribution in [0, 0.1) is 11.7 Å². The zero-order chi connectivity index (χ0) is 14.1. The Morgan fingerprint density at radius 1 is 1.15 bits per heavy atom. The van der Waals surface area contributed by atoms with Crippen LogP contribution in [-0.2, 0) is 4.79 Å². The van der Waals surface area contributed by atoms with Crippen molar-refractivity contribution in [3.8, 4) is 0 Å². The van der Waals surface area contributed by atoms with Crippen molar-refractivity contribution < 1.29 is 9.18 Å². The predicted octanol–water partition coefficient (Wildman–Crippen LogP) is 4.22. The van der Waals surface area contributed by atoms with Gasteiger partial charge in [0.2, 0.25) is 5.91 Å². The topological polar surface area (TPSA) is 29.1 Å². The van der Waals surface area contributed by atoms with Crippen molar-refractivity contribution in [3.63, 3.8) is 0 Å². The van der Waals surface area contributed by atoms with Crippen molar-refractivity contribution >= 4 is 23.2 Å². The Morgan fingerprint density at radius 3 is 2.55 bits per heavy atom. The second-order valence-electron chi connectivity index (χ2n) is 4.97. The summed E-state index contributed by atoms with van der Waals surface area (Å²) in [5, 5.41) is 3.37. The molecule has 2 aromatic carbocycles. The fraction of sp³-hybridized carbons (Fsp3) is 0.188. The van der Waals surface area contributed by atoms with Gasteiger partial charge in [-0.1, -0.05) is 35.9 Å². The van der Waals surface area contributed by atoms with E-state index < -0.39 is 0 Å². The van der Waals surface area contributed by atoms with Crippen LogP contribution in [0.25, 0.3) is 0 Å². The third-order valence-electron chi connectivity index (χ3n) is 3.56. The first-order valence-electron chi connectivity index (χ1n) is 6.46. The molecule has 1 fully saturated rings. The number of anilines is 1. The lowest BCUT2D eigenvalue weighted by Crippen LogP contribution is -2.14. The fourth-order valence-corrected chi connectivity index (χ4v) is 2.53. The van der Waals surface area contributed by atoms with E-state index in [-0.39, 0.29) is 23.6 Å². The first kappa shape index (κ1) is 13.1. The second-order valence-corrected chi connectivity index (χ2v) is 5.38. The van der Waals surface area contributed by atoms with E-state index in [0.717, 1.165) is 12.0 Å². The first-order chi connectivity index (χ1) is 9.65. The summed E-state index contributed by atoms with van der Waals surface area (Å²) in [6, 6.07) is 13.5. The van der Waals surface area contributed by atoms with Crippen molar-refractivity contribution in [1.82, 2.24) is 0 Å². The minimum absolute atomic E-state index is 0.0348.